The lowest BCUT2D eigenvalue weighted by Gasteiger charge is -2.45. The second-order valence-corrected chi connectivity index (χ2v) is 16.4. The van der Waals surface area contributed by atoms with E-state index < -0.39 is 62.5 Å². The molecular weight excluding hydrogens is 568 g/mol. The van der Waals surface area contributed by atoms with E-state index in [2.05, 4.69) is 31.1 Å². The van der Waals surface area contributed by atoms with Crippen molar-refractivity contribution in [3.8, 4) is 11.5 Å². The molecule has 0 aliphatic carbocycles. The average Bonchev–Trinajstić information content (AvgIpc) is 2.88. The molecule has 0 radical (unpaired) electrons. The minimum Gasteiger partial charge on any atom is -0.463 e. The maximum Gasteiger partial charge on any atom is 0.303 e. The van der Waals surface area contributed by atoms with Crippen LogP contribution in [0.4, 0.5) is 0 Å². The van der Waals surface area contributed by atoms with Crippen molar-refractivity contribution < 1.29 is 42.9 Å². The summed E-state index contributed by atoms with van der Waals surface area (Å²) in [5, 5.41) is 0. The van der Waals surface area contributed by atoms with E-state index in [4.69, 9.17) is 23.7 Å². The number of ether oxygens (including phenoxy) is 5. The first kappa shape index (κ1) is 33.6. The van der Waals surface area contributed by atoms with Gasteiger partial charge in [-0.15, -0.1) is 5.54 Å². The van der Waals surface area contributed by atoms with Crippen molar-refractivity contribution >= 4 is 32.0 Å². The van der Waals surface area contributed by atoms with Crippen LogP contribution in [0.15, 0.2) is 42.5 Å². The zero-order valence-electron chi connectivity index (χ0n) is 26.0. The fourth-order valence-electron chi connectivity index (χ4n) is 4.83. The molecule has 1 aliphatic heterocycles. The number of benzene rings is 2. The van der Waals surface area contributed by atoms with Crippen molar-refractivity contribution in [2.75, 3.05) is 6.61 Å². The lowest BCUT2D eigenvalue weighted by molar-refractivity contribution is -0.254. The third kappa shape index (κ3) is 10.1. The molecule has 3 rings (SSSR count). The first-order chi connectivity index (χ1) is 20.1. The first-order valence-electron chi connectivity index (χ1n) is 14.1. The van der Waals surface area contributed by atoms with Gasteiger partial charge in [0.2, 0.25) is 0 Å². The number of aryl methyl sites for hydroxylation is 1. The minimum absolute atomic E-state index is 0.282. The predicted molar refractivity (Wildman–Crippen MR) is 162 cm³/mol. The molecule has 0 N–H and O–H groups in total. The molecule has 0 spiro atoms. The van der Waals surface area contributed by atoms with Crippen LogP contribution in [0, 0.1) is 18.4 Å². The number of hydrogen-bond donors (Lipinski definition) is 0. The van der Waals surface area contributed by atoms with E-state index >= 15 is 0 Å². The molecule has 5 atom stereocenters. The molecule has 9 nitrogen and oxygen atoms in total. The van der Waals surface area contributed by atoms with E-state index in [9.17, 15) is 19.2 Å². The Morgan fingerprint density at radius 3 is 1.93 bits per heavy atom. The summed E-state index contributed by atoms with van der Waals surface area (Å²) in [7, 11) is -1.51. The zero-order chi connectivity index (χ0) is 31.9. The summed E-state index contributed by atoms with van der Waals surface area (Å²) in [6, 6.07) is 13.8. The number of carbonyl (C=O) groups is 4. The Balaban J connectivity index is 2.08. The van der Waals surface area contributed by atoms with Gasteiger partial charge in [-0.3, -0.25) is 19.2 Å². The van der Waals surface area contributed by atoms with Crippen LogP contribution in [0.2, 0.25) is 19.6 Å². The van der Waals surface area contributed by atoms with Gasteiger partial charge in [-0.25, -0.2) is 0 Å². The van der Waals surface area contributed by atoms with Crippen LogP contribution >= 0.6 is 0 Å². The molecule has 230 valence electrons. The van der Waals surface area contributed by atoms with Crippen LogP contribution in [0.5, 0.6) is 0 Å². The van der Waals surface area contributed by atoms with Crippen molar-refractivity contribution in [3.05, 3.63) is 70.3 Å². The number of carbonyl (C=O) groups excluding carboxylic acids is 4. The second-order valence-electron chi connectivity index (χ2n) is 11.7. The smallest absolute Gasteiger partial charge is 0.303 e. The van der Waals surface area contributed by atoms with Crippen molar-refractivity contribution in [2.45, 2.75) is 91.2 Å². The van der Waals surface area contributed by atoms with Crippen LogP contribution in [0.1, 0.15) is 61.6 Å². The van der Waals surface area contributed by atoms with Crippen LogP contribution < -0.4 is 0 Å². The molecule has 0 aromatic heterocycles. The SMILES string of the molecule is CC(=O)OC[C@H]1O[C@@H](c2ccc(C)cc2Cc2ccc(C#C[Si](C)(C)C)cc2)[C@H](OC(C)=O)[C@@H](OC(C)=O)[C@@H]1OC(C)=O. The standard InChI is InChI=1S/C33H40O9Si/c1-20-9-14-28(27(17-20)18-26-12-10-25(11-13-26)15-16-43(6,7)8)30-32(40-23(4)36)33(41-24(5)37)31(39-22(3)35)29(42-30)19-38-21(2)34/h9-14,17,29-33H,18-19H2,1-8H3/t29-,30+,31-,32+,33+/m1/s1. The summed E-state index contributed by atoms with van der Waals surface area (Å²) in [4.78, 5) is 48.3. The maximum atomic E-state index is 12.3. The Kier molecular flexibility index (Phi) is 11.3. The van der Waals surface area contributed by atoms with Gasteiger partial charge in [0.1, 0.15) is 26.9 Å². The summed E-state index contributed by atoms with van der Waals surface area (Å²) in [5.74, 6) is 0.711. The van der Waals surface area contributed by atoms with Crippen LogP contribution in [0.3, 0.4) is 0 Å². The van der Waals surface area contributed by atoms with Gasteiger partial charge >= 0.3 is 23.9 Å². The van der Waals surface area contributed by atoms with Crippen molar-refractivity contribution in [3.63, 3.8) is 0 Å². The highest BCUT2D eigenvalue weighted by Crippen LogP contribution is 2.39. The van der Waals surface area contributed by atoms with Gasteiger partial charge in [0.25, 0.3) is 0 Å². The van der Waals surface area contributed by atoms with Gasteiger partial charge in [-0.1, -0.05) is 61.5 Å². The van der Waals surface area contributed by atoms with E-state index in [1.807, 2.05) is 49.4 Å². The third-order valence-electron chi connectivity index (χ3n) is 6.53. The van der Waals surface area contributed by atoms with Gasteiger partial charge < -0.3 is 23.7 Å². The van der Waals surface area contributed by atoms with Crippen molar-refractivity contribution in [1.29, 1.82) is 0 Å². The number of esters is 4. The largest absolute Gasteiger partial charge is 0.463 e. The molecule has 43 heavy (non-hydrogen) atoms. The molecule has 1 saturated heterocycles. The summed E-state index contributed by atoms with van der Waals surface area (Å²) in [6.07, 6.45) is -5.06. The molecule has 0 unspecified atom stereocenters. The molecule has 1 fully saturated rings. The molecule has 1 heterocycles. The second kappa shape index (κ2) is 14.5. The number of hydrogen-bond acceptors (Lipinski definition) is 9. The summed E-state index contributed by atoms with van der Waals surface area (Å²) >= 11 is 0. The monoisotopic (exact) mass is 608 g/mol. The Hall–Kier alpha value is -3.94. The van der Waals surface area contributed by atoms with Gasteiger partial charge in [0, 0.05) is 33.3 Å². The fourth-order valence-corrected chi connectivity index (χ4v) is 5.35. The van der Waals surface area contributed by atoms with Gasteiger partial charge in [-0.2, -0.15) is 0 Å². The predicted octanol–water partition coefficient (Wildman–Crippen LogP) is 4.61. The van der Waals surface area contributed by atoms with E-state index in [1.165, 1.54) is 27.7 Å². The minimum atomic E-state index is -1.51. The molecule has 10 heteroatoms. The Bertz CT molecular complexity index is 1400. The first-order valence-corrected chi connectivity index (χ1v) is 17.6. The Morgan fingerprint density at radius 2 is 1.37 bits per heavy atom. The summed E-state index contributed by atoms with van der Waals surface area (Å²) in [6.45, 7) is 13.1. The Labute approximate surface area is 254 Å². The molecular formula is C33H40O9Si. The fraction of sp³-hybridized carbons (Fsp3) is 0.455. The summed E-state index contributed by atoms with van der Waals surface area (Å²) in [5.41, 5.74) is 7.92. The Morgan fingerprint density at radius 1 is 0.791 bits per heavy atom. The highest BCUT2D eigenvalue weighted by molar-refractivity contribution is 6.83. The van der Waals surface area contributed by atoms with Crippen molar-refractivity contribution in [1.82, 2.24) is 0 Å². The number of rotatable bonds is 8. The van der Waals surface area contributed by atoms with E-state index in [0.717, 1.165) is 22.3 Å². The summed E-state index contributed by atoms with van der Waals surface area (Å²) < 4.78 is 28.5. The van der Waals surface area contributed by atoms with Gasteiger partial charge in [0.05, 0.1) is 0 Å². The highest BCUT2D eigenvalue weighted by atomic mass is 28.3. The van der Waals surface area contributed by atoms with Gasteiger partial charge in [-0.05, 0) is 42.2 Å². The van der Waals surface area contributed by atoms with E-state index in [1.54, 1.807) is 0 Å². The zero-order valence-corrected chi connectivity index (χ0v) is 27.0. The molecule has 1 aliphatic rings. The maximum absolute atomic E-state index is 12.3. The molecule has 0 saturated carbocycles. The van der Waals surface area contributed by atoms with Crippen LogP contribution in [-0.2, 0) is 49.3 Å². The molecule has 0 amide bonds. The molecule has 2 aromatic rings. The van der Waals surface area contributed by atoms with Crippen LogP contribution in [0.25, 0.3) is 0 Å². The quantitative estimate of drug-likeness (QED) is 0.183. The van der Waals surface area contributed by atoms with E-state index in [-0.39, 0.29) is 6.61 Å². The van der Waals surface area contributed by atoms with Gasteiger partial charge in [0.15, 0.2) is 18.3 Å². The topological polar surface area (TPSA) is 114 Å². The van der Waals surface area contributed by atoms with E-state index in [0.29, 0.717) is 12.0 Å². The third-order valence-corrected chi connectivity index (χ3v) is 7.40. The average molecular weight is 609 g/mol. The van der Waals surface area contributed by atoms with Crippen molar-refractivity contribution in [2.24, 2.45) is 0 Å². The lowest BCUT2D eigenvalue weighted by Crippen LogP contribution is -2.59. The highest BCUT2D eigenvalue weighted by Gasteiger charge is 2.52. The normalized spacial score (nSPS) is 21.5. The lowest BCUT2D eigenvalue weighted by atomic mass is 9.86. The van der Waals surface area contributed by atoms with Crippen LogP contribution in [-0.4, -0.2) is 63.0 Å². The molecule has 0 bridgehead atoms. The molecule has 2 aromatic carbocycles.